The lowest BCUT2D eigenvalue weighted by Crippen LogP contribution is -2.15. The molecule has 0 aliphatic carbocycles. The predicted molar refractivity (Wildman–Crippen MR) is 66.9 cm³/mol. The molecule has 0 radical (unpaired) electrons. The lowest BCUT2D eigenvalue weighted by Gasteiger charge is -1.98. The molecule has 16 heavy (non-hydrogen) atoms. The van der Waals surface area contributed by atoms with Crippen molar-refractivity contribution in [1.82, 2.24) is 4.98 Å². The van der Waals surface area contributed by atoms with Crippen molar-refractivity contribution in [2.24, 2.45) is 5.73 Å². The zero-order chi connectivity index (χ0) is 11.4. The third-order valence-corrected chi connectivity index (χ3v) is 2.43. The molecule has 2 aromatic rings. The van der Waals surface area contributed by atoms with Gasteiger partial charge in [-0.15, -0.1) is 0 Å². The van der Waals surface area contributed by atoms with E-state index in [0.29, 0.717) is 0 Å². The van der Waals surface area contributed by atoms with Crippen LogP contribution in [0.25, 0.3) is 10.9 Å². The molecule has 2 nitrogen and oxygen atoms in total. The Bertz CT molecular complexity index is 549. The molecule has 2 N–H and O–H groups in total. The molecule has 1 atom stereocenters. The third-order valence-electron chi connectivity index (χ3n) is 2.43. The lowest BCUT2D eigenvalue weighted by molar-refractivity contribution is 0.806. The molecule has 2 rings (SSSR count). The summed E-state index contributed by atoms with van der Waals surface area (Å²) in [5.41, 5.74) is 7.65. The van der Waals surface area contributed by atoms with Gasteiger partial charge >= 0.3 is 0 Å². The highest BCUT2D eigenvalue weighted by Gasteiger charge is 1.95. The van der Waals surface area contributed by atoms with Gasteiger partial charge in [0.2, 0.25) is 0 Å². The van der Waals surface area contributed by atoms with Crippen LogP contribution in [-0.4, -0.2) is 11.0 Å². The summed E-state index contributed by atoms with van der Waals surface area (Å²) < 4.78 is 0. The minimum absolute atomic E-state index is 0.0496. The maximum Gasteiger partial charge on any atom is 0.0702 e. The highest BCUT2D eigenvalue weighted by atomic mass is 14.6. The highest BCUT2D eigenvalue weighted by molar-refractivity contribution is 5.79. The molecule has 1 heterocycles. The van der Waals surface area contributed by atoms with E-state index in [1.165, 1.54) is 0 Å². The second kappa shape index (κ2) is 4.78. The Kier molecular flexibility index (Phi) is 3.19. The Hall–Kier alpha value is -1.85. The van der Waals surface area contributed by atoms with E-state index in [1.54, 1.807) is 6.20 Å². The van der Waals surface area contributed by atoms with Crippen LogP contribution in [0, 0.1) is 11.8 Å². The molecule has 0 amide bonds. The Balaban J connectivity index is 2.35. The van der Waals surface area contributed by atoms with Crippen LogP contribution in [0.1, 0.15) is 18.9 Å². The Morgan fingerprint density at radius 3 is 3.00 bits per heavy atom. The molecular formula is C14H14N2. The van der Waals surface area contributed by atoms with Crippen molar-refractivity contribution in [3.05, 3.63) is 42.1 Å². The van der Waals surface area contributed by atoms with E-state index in [-0.39, 0.29) is 6.04 Å². The van der Waals surface area contributed by atoms with Crippen molar-refractivity contribution >= 4 is 10.9 Å². The standard InChI is InChI=1S/C14H14N2/c1-2-13(15)8-7-11-9-12-5-3-4-6-14(12)16-10-11/h3-6,9-10,13H,2,15H2,1H3. The fourth-order valence-corrected chi connectivity index (χ4v) is 1.42. The van der Waals surface area contributed by atoms with Crippen molar-refractivity contribution < 1.29 is 0 Å². The van der Waals surface area contributed by atoms with Crippen molar-refractivity contribution in [3.8, 4) is 11.8 Å². The summed E-state index contributed by atoms with van der Waals surface area (Å²) in [7, 11) is 0. The van der Waals surface area contributed by atoms with Crippen LogP contribution in [0.3, 0.4) is 0 Å². The molecule has 1 aromatic carbocycles. The summed E-state index contributed by atoms with van der Waals surface area (Å²) in [6.45, 7) is 2.03. The molecule has 1 aromatic heterocycles. The molecule has 0 saturated heterocycles. The molecule has 0 spiro atoms. The summed E-state index contributed by atoms with van der Waals surface area (Å²) in [4.78, 5) is 4.34. The largest absolute Gasteiger partial charge is 0.318 e. The van der Waals surface area contributed by atoms with Crippen LogP contribution in [0.15, 0.2) is 36.5 Å². The zero-order valence-corrected chi connectivity index (χ0v) is 9.27. The number of pyridine rings is 1. The van der Waals surface area contributed by atoms with E-state index >= 15 is 0 Å². The van der Waals surface area contributed by atoms with Gasteiger partial charge in [-0.3, -0.25) is 4.98 Å². The van der Waals surface area contributed by atoms with Crippen LogP contribution >= 0.6 is 0 Å². The summed E-state index contributed by atoms with van der Waals surface area (Å²) in [6, 6.07) is 9.99. The number of hydrogen-bond donors (Lipinski definition) is 1. The lowest BCUT2D eigenvalue weighted by atomic mass is 10.1. The molecule has 0 fully saturated rings. The van der Waals surface area contributed by atoms with Crippen molar-refractivity contribution in [2.75, 3.05) is 0 Å². The van der Waals surface area contributed by atoms with Crippen LogP contribution in [0.4, 0.5) is 0 Å². The number of nitrogens with zero attached hydrogens (tertiary/aromatic N) is 1. The van der Waals surface area contributed by atoms with Crippen molar-refractivity contribution in [3.63, 3.8) is 0 Å². The van der Waals surface area contributed by atoms with Gasteiger partial charge in [-0.25, -0.2) is 0 Å². The van der Waals surface area contributed by atoms with Gasteiger partial charge in [0.15, 0.2) is 0 Å². The van der Waals surface area contributed by atoms with E-state index in [1.807, 2.05) is 37.3 Å². The maximum atomic E-state index is 5.74. The summed E-state index contributed by atoms with van der Waals surface area (Å²) >= 11 is 0. The molecule has 2 heteroatoms. The van der Waals surface area contributed by atoms with E-state index in [0.717, 1.165) is 22.9 Å². The number of aromatic nitrogens is 1. The first-order valence-electron chi connectivity index (χ1n) is 5.41. The number of hydrogen-bond acceptors (Lipinski definition) is 2. The van der Waals surface area contributed by atoms with E-state index in [4.69, 9.17) is 5.73 Å². The number of rotatable bonds is 1. The van der Waals surface area contributed by atoms with Crippen LogP contribution in [0.5, 0.6) is 0 Å². The van der Waals surface area contributed by atoms with Crippen molar-refractivity contribution in [1.29, 1.82) is 0 Å². The van der Waals surface area contributed by atoms with Gasteiger partial charge in [0.1, 0.15) is 0 Å². The first kappa shape index (κ1) is 10.7. The third kappa shape index (κ3) is 2.39. The molecule has 80 valence electrons. The minimum Gasteiger partial charge on any atom is -0.318 e. The Labute approximate surface area is 95.5 Å². The van der Waals surface area contributed by atoms with E-state index in [9.17, 15) is 0 Å². The molecule has 0 aliphatic rings. The second-order valence-electron chi connectivity index (χ2n) is 3.70. The monoisotopic (exact) mass is 210 g/mol. The summed E-state index contributed by atoms with van der Waals surface area (Å²) in [5.74, 6) is 6.05. The summed E-state index contributed by atoms with van der Waals surface area (Å²) in [6.07, 6.45) is 2.66. The fourth-order valence-electron chi connectivity index (χ4n) is 1.42. The van der Waals surface area contributed by atoms with E-state index < -0.39 is 0 Å². The maximum absolute atomic E-state index is 5.74. The van der Waals surface area contributed by atoms with Gasteiger partial charge in [0, 0.05) is 17.1 Å². The van der Waals surface area contributed by atoms with Gasteiger partial charge in [-0.05, 0) is 18.6 Å². The van der Waals surface area contributed by atoms with E-state index in [2.05, 4.69) is 16.8 Å². The average molecular weight is 210 g/mol. The topological polar surface area (TPSA) is 38.9 Å². The van der Waals surface area contributed by atoms with Gasteiger partial charge in [0.25, 0.3) is 0 Å². The first-order valence-corrected chi connectivity index (χ1v) is 5.41. The fraction of sp³-hybridized carbons (Fsp3) is 0.214. The quantitative estimate of drug-likeness (QED) is 0.734. The Morgan fingerprint density at radius 2 is 2.19 bits per heavy atom. The van der Waals surface area contributed by atoms with Gasteiger partial charge in [-0.1, -0.05) is 37.0 Å². The van der Waals surface area contributed by atoms with Crippen molar-refractivity contribution in [2.45, 2.75) is 19.4 Å². The number of fused-ring (bicyclic) bond motifs is 1. The zero-order valence-electron chi connectivity index (χ0n) is 9.27. The SMILES string of the molecule is CCC(N)C#Cc1cnc2ccccc2c1. The van der Waals surface area contributed by atoms with Gasteiger partial charge < -0.3 is 5.73 Å². The normalized spacial score (nSPS) is 11.9. The minimum atomic E-state index is -0.0496. The second-order valence-corrected chi connectivity index (χ2v) is 3.70. The number of para-hydroxylation sites is 1. The molecule has 0 bridgehead atoms. The first-order chi connectivity index (χ1) is 7.79. The molecule has 1 unspecified atom stereocenters. The van der Waals surface area contributed by atoms with Gasteiger partial charge in [-0.2, -0.15) is 0 Å². The van der Waals surface area contributed by atoms with Crippen LogP contribution in [0.2, 0.25) is 0 Å². The Morgan fingerprint density at radius 1 is 1.38 bits per heavy atom. The molecular weight excluding hydrogens is 196 g/mol. The predicted octanol–water partition coefficient (Wildman–Crippen LogP) is 2.32. The molecule has 0 aliphatic heterocycles. The van der Waals surface area contributed by atoms with Crippen LogP contribution in [-0.2, 0) is 0 Å². The van der Waals surface area contributed by atoms with Gasteiger partial charge in [0.05, 0.1) is 11.6 Å². The highest BCUT2D eigenvalue weighted by Crippen LogP contribution is 2.11. The summed E-state index contributed by atoms with van der Waals surface area (Å²) in [5, 5.41) is 1.11. The number of benzene rings is 1. The molecule has 0 saturated carbocycles. The average Bonchev–Trinajstić information content (AvgIpc) is 2.35. The van der Waals surface area contributed by atoms with Crippen LogP contribution < -0.4 is 5.73 Å². The number of nitrogens with two attached hydrogens (primary N) is 1. The smallest absolute Gasteiger partial charge is 0.0702 e.